The fraction of sp³-hybridized carbons (Fsp3) is 0.346. The quantitative estimate of drug-likeness (QED) is 0.246. The SMILES string of the molecule is CCc1c(OC)cccc1C(=O)CN(C(=O)c1cc(C)cc(C)c1)C(C)(C)/C=N/NC(=O)C(N)=O. The highest BCUT2D eigenvalue weighted by Gasteiger charge is 2.33. The van der Waals surface area contributed by atoms with Crippen LogP contribution in [0.25, 0.3) is 0 Å². The van der Waals surface area contributed by atoms with Crippen molar-refractivity contribution in [2.45, 2.75) is 46.6 Å². The summed E-state index contributed by atoms with van der Waals surface area (Å²) in [6, 6.07) is 10.7. The van der Waals surface area contributed by atoms with E-state index in [4.69, 9.17) is 10.5 Å². The molecule has 0 fully saturated rings. The second-order valence-electron chi connectivity index (χ2n) is 8.75. The van der Waals surface area contributed by atoms with Crippen LogP contribution in [0.2, 0.25) is 0 Å². The van der Waals surface area contributed by atoms with Gasteiger partial charge in [-0.1, -0.05) is 36.2 Å². The van der Waals surface area contributed by atoms with Crippen molar-refractivity contribution in [3.8, 4) is 5.75 Å². The number of amides is 3. The van der Waals surface area contributed by atoms with E-state index in [0.29, 0.717) is 23.3 Å². The number of nitrogens with zero attached hydrogens (tertiary/aromatic N) is 2. The lowest BCUT2D eigenvalue weighted by atomic mass is 9.96. The van der Waals surface area contributed by atoms with E-state index in [1.165, 1.54) is 11.1 Å². The van der Waals surface area contributed by atoms with Crippen molar-refractivity contribution >= 4 is 29.7 Å². The molecule has 0 aliphatic heterocycles. The van der Waals surface area contributed by atoms with E-state index in [0.717, 1.165) is 16.7 Å². The first-order valence-corrected chi connectivity index (χ1v) is 11.1. The van der Waals surface area contributed by atoms with Crippen LogP contribution in [0.15, 0.2) is 41.5 Å². The Hall–Kier alpha value is -4.01. The number of carbonyl (C=O) groups is 4. The Balaban J connectivity index is 2.50. The zero-order valence-corrected chi connectivity index (χ0v) is 21.0. The number of hydrogen-bond donors (Lipinski definition) is 2. The maximum absolute atomic E-state index is 13.7. The van der Waals surface area contributed by atoms with Gasteiger partial charge in [-0.25, -0.2) is 5.43 Å². The summed E-state index contributed by atoms with van der Waals surface area (Å²) in [5, 5.41) is 3.79. The van der Waals surface area contributed by atoms with Crippen LogP contribution in [0, 0.1) is 13.8 Å². The molecule has 0 saturated carbocycles. The minimum atomic E-state index is -1.19. The fourth-order valence-corrected chi connectivity index (χ4v) is 3.78. The van der Waals surface area contributed by atoms with Crippen molar-refractivity contribution < 1.29 is 23.9 Å². The van der Waals surface area contributed by atoms with Crippen molar-refractivity contribution in [1.82, 2.24) is 10.3 Å². The van der Waals surface area contributed by atoms with Gasteiger partial charge in [0, 0.05) is 22.9 Å². The molecule has 0 saturated heterocycles. The normalized spacial score (nSPS) is 11.3. The number of Topliss-reactive ketones (excluding diaryl/α,β-unsaturated/α-hetero) is 1. The average Bonchev–Trinajstić information content (AvgIpc) is 2.80. The predicted molar refractivity (Wildman–Crippen MR) is 134 cm³/mol. The van der Waals surface area contributed by atoms with Crippen LogP contribution in [0.4, 0.5) is 0 Å². The minimum Gasteiger partial charge on any atom is -0.496 e. The number of rotatable bonds is 9. The highest BCUT2D eigenvalue weighted by Crippen LogP contribution is 2.25. The van der Waals surface area contributed by atoms with Crippen LogP contribution >= 0.6 is 0 Å². The maximum atomic E-state index is 13.7. The second kappa shape index (κ2) is 11.4. The smallest absolute Gasteiger partial charge is 0.329 e. The van der Waals surface area contributed by atoms with Gasteiger partial charge in [-0.2, -0.15) is 5.10 Å². The van der Waals surface area contributed by atoms with Crippen molar-refractivity contribution in [1.29, 1.82) is 0 Å². The molecule has 0 aromatic heterocycles. The van der Waals surface area contributed by atoms with Gasteiger partial charge < -0.3 is 15.4 Å². The van der Waals surface area contributed by atoms with Gasteiger partial charge in [-0.05, 0) is 52.3 Å². The Kier molecular flexibility index (Phi) is 8.88. The van der Waals surface area contributed by atoms with Gasteiger partial charge in [0.05, 0.1) is 19.2 Å². The number of primary amides is 1. The number of carbonyl (C=O) groups excluding carboxylic acids is 4. The zero-order valence-electron chi connectivity index (χ0n) is 21.0. The molecule has 3 amide bonds. The van der Waals surface area contributed by atoms with E-state index in [-0.39, 0.29) is 18.2 Å². The largest absolute Gasteiger partial charge is 0.496 e. The summed E-state index contributed by atoms with van der Waals surface area (Å²) in [7, 11) is 1.54. The number of ether oxygens (including phenoxy) is 1. The van der Waals surface area contributed by atoms with Crippen molar-refractivity contribution in [2.75, 3.05) is 13.7 Å². The Morgan fingerprint density at radius 3 is 2.29 bits per heavy atom. The van der Waals surface area contributed by atoms with Crippen LogP contribution in [0.5, 0.6) is 5.75 Å². The van der Waals surface area contributed by atoms with E-state index in [1.54, 1.807) is 51.3 Å². The van der Waals surface area contributed by atoms with Crippen molar-refractivity contribution in [3.05, 3.63) is 64.2 Å². The molecule has 0 unspecified atom stereocenters. The predicted octanol–water partition coefficient (Wildman–Crippen LogP) is 2.57. The molecular formula is C26H32N4O5. The zero-order chi connectivity index (χ0) is 26.3. The molecule has 186 valence electrons. The van der Waals surface area contributed by atoms with Gasteiger partial charge in [0.1, 0.15) is 5.75 Å². The Morgan fingerprint density at radius 2 is 1.74 bits per heavy atom. The third-order valence-electron chi connectivity index (χ3n) is 5.49. The number of hydrogen-bond acceptors (Lipinski definition) is 6. The number of hydrazone groups is 1. The lowest BCUT2D eigenvalue weighted by Crippen LogP contribution is -2.51. The van der Waals surface area contributed by atoms with Gasteiger partial charge in [-0.15, -0.1) is 0 Å². The first-order chi connectivity index (χ1) is 16.4. The molecular weight excluding hydrogens is 448 g/mol. The van der Waals surface area contributed by atoms with Crippen LogP contribution in [0.3, 0.4) is 0 Å². The lowest BCUT2D eigenvalue weighted by molar-refractivity contribution is -0.137. The molecule has 9 nitrogen and oxygen atoms in total. The molecule has 2 aromatic carbocycles. The summed E-state index contributed by atoms with van der Waals surface area (Å²) in [6.45, 7) is 8.78. The molecule has 0 heterocycles. The van der Waals surface area contributed by atoms with Gasteiger partial charge in [-0.3, -0.25) is 19.2 Å². The molecule has 0 radical (unpaired) electrons. The molecule has 2 aromatic rings. The molecule has 0 atom stereocenters. The van der Waals surface area contributed by atoms with Crippen LogP contribution in [-0.2, 0) is 16.0 Å². The van der Waals surface area contributed by atoms with Crippen molar-refractivity contribution in [3.63, 3.8) is 0 Å². The summed E-state index contributed by atoms with van der Waals surface area (Å²) in [5.41, 5.74) is 9.27. The van der Waals surface area contributed by atoms with Crippen molar-refractivity contribution in [2.24, 2.45) is 10.8 Å². The second-order valence-corrected chi connectivity index (χ2v) is 8.75. The summed E-state index contributed by atoms with van der Waals surface area (Å²) in [6.07, 6.45) is 1.86. The Labute approximate surface area is 205 Å². The Morgan fingerprint density at radius 1 is 1.11 bits per heavy atom. The van der Waals surface area contributed by atoms with Gasteiger partial charge >= 0.3 is 11.8 Å². The molecule has 0 spiro atoms. The summed E-state index contributed by atoms with van der Waals surface area (Å²) in [4.78, 5) is 51.0. The first-order valence-electron chi connectivity index (χ1n) is 11.1. The van der Waals surface area contributed by atoms with Crippen LogP contribution in [-0.4, -0.2) is 53.8 Å². The molecule has 3 N–H and O–H groups in total. The van der Waals surface area contributed by atoms with E-state index in [2.05, 4.69) is 5.10 Å². The number of nitrogens with two attached hydrogens (primary N) is 1. The lowest BCUT2D eigenvalue weighted by Gasteiger charge is -2.35. The molecule has 2 rings (SSSR count). The minimum absolute atomic E-state index is 0.255. The van der Waals surface area contributed by atoms with E-state index in [1.807, 2.05) is 32.3 Å². The summed E-state index contributed by atoms with van der Waals surface area (Å²) < 4.78 is 5.41. The monoisotopic (exact) mass is 480 g/mol. The highest BCUT2D eigenvalue weighted by atomic mass is 16.5. The maximum Gasteiger partial charge on any atom is 0.329 e. The van der Waals surface area contributed by atoms with Crippen LogP contribution in [0.1, 0.15) is 58.2 Å². The van der Waals surface area contributed by atoms with Crippen LogP contribution < -0.4 is 15.9 Å². The number of nitrogens with one attached hydrogen (secondary N) is 1. The molecule has 0 bridgehead atoms. The van der Waals surface area contributed by atoms with E-state index < -0.39 is 17.4 Å². The summed E-state index contributed by atoms with van der Waals surface area (Å²) >= 11 is 0. The molecule has 0 aliphatic rings. The highest BCUT2D eigenvalue weighted by molar-refractivity contribution is 6.34. The molecule has 0 aliphatic carbocycles. The fourth-order valence-electron chi connectivity index (χ4n) is 3.78. The Bertz CT molecular complexity index is 1150. The number of aryl methyl sites for hydroxylation is 2. The van der Waals surface area contributed by atoms with Gasteiger partial charge in [0.2, 0.25) is 0 Å². The molecule has 35 heavy (non-hydrogen) atoms. The third-order valence-corrected chi connectivity index (χ3v) is 5.49. The van der Waals surface area contributed by atoms with Gasteiger partial charge in [0.25, 0.3) is 5.91 Å². The molecule has 9 heteroatoms. The standard InChI is InChI=1S/C26H32N4O5/c1-7-19-20(9-8-10-22(19)35-6)21(31)14-30(25(34)18-12-16(2)11-17(3)13-18)26(4,5)15-28-29-24(33)23(27)32/h8-13,15H,7,14H2,1-6H3,(H2,27,32)(H,29,33)/b28-15+. The third kappa shape index (κ3) is 6.75. The average molecular weight is 481 g/mol. The number of methoxy groups -OCH3 is 1. The number of benzene rings is 2. The first kappa shape index (κ1) is 27.2. The summed E-state index contributed by atoms with van der Waals surface area (Å²) in [5.74, 6) is -2.35. The van der Waals surface area contributed by atoms with E-state index in [9.17, 15) is 19.2 Å². The topological polar surface area (TPSA) is 131 Å². The van der Waals surface area contributed by atoms with E-state index >= 15 is 0 Å². The van der Waals surface area contributed by atoms with Gasteiger partial charge in [0.15, 0.2) is 5.78 Å². The number of ketones is 1.